The van der Waals surface area contributed by atoms with E-state index in [1.807, 2.05) is 0 Å². The maximum atomic E-state index is 12.1. The number of nitrogens with two attached hydrogens (primary N) is 1. The van der Waals surface area contributed by atoms with Crippen LogP contribution in [0.5, 0.6) is 0 Å². The van der Waals surface area contributed by atoms with Gasteiger partial charge in [-0.05, 0) is 49.8 Å². The van der Waals surface area contributed by atoms with Crippen LogP contribution in [0, 0.1) is 5.92 Å². The number of ether oxygens (including phenoxy) is 1. The summed E-state index contributed by atoms with van der Waals surface area (Å²) in [4.78, 5) is 12.1. The van der Waals surface area contributed by atoms with Crippen molar-refractivity contribution in [3.8, 4) is 0 Å². The summed E-state index contributed by atoms with van der Waals surface area (Å²) in [5.41, 5.74) is 6.56. The predicted molar refractivity (Wildman–Crippen MR) is 77.3 cm³/mol. The van der Waals surface area contributed by atoms with Crippen molar-refractivity contribution >= 4 is 23.3 Å². The van der Waals surface area contributed by atoms with Crippen molar-refractivity contribution in [1.82, 2.24) is 0 Å². The Morgan fingerprint density at radius 2 is 2.05 bits per heavy atom. The van der Waals surface area contributed by atoms with Crippen molar-refractivity contribution in [1.29, 1.82) is 0 Å². The van der Waals surface area contributed by atoms with Gasteiger partial charge in [-0.15, -0.1) is 0 Å². The topological polar surface area (TPSA) is 52.3 Å². The van der Waals surface area contributed by atoms with Crippen LogP contribution in [-0.2, 0) is 4.74 Å². The second kappa shape index (κ2) is 6.29. The van der Waals surface area contributed by atoms with Crippen LogP contribution >= 0.6 is 11.6 Å². The highest BCUT2D eigenvalue weighted by Crippen LogP contribution is 2.29. The van der Waals surface area contributed by atoms with Gasteiger partial charge in [0.2, 0.25) is 0 Å². The number of carbonyl (C=O) groups is 1. The number of hydrogen-bond acceptors (Lipinski definition) is 3. The van der Waals surface area contributed by atoms with E-state index in [1.165, 1.54) is 6.42 Å². The van der Waals surface area contributed by atoms with E-state index in [1.54, 1.807) is 18.2 Å². The fourth-order valence-corrected chi connectivity index (χ4v) is 2.75. The fourth-order valence-electron chi connectivity index (χ4n) is 2.58. The molecule has 0 saturated heterocycles. The van der Waals surface area contributed by atoms with Crippen LogP contribution < -0.4 is 5.73 Å². The molecule has 0 unspecified atom stereocenters. The summed E-state index contributed by atoms with van der Waals surface area (Å²) in [6.45, 7) is 2.21. The molecule has 0 atom stereocenters. The summed E-state index contributed by atoms with van der Waals surface area (Å²) >= 11 is 5.88. The molecule has 1 fully saturated rings. The number of nitrogen functional groups attached to an aromatic ring is 1. The summed E-state index contributed by atoms with van der Waals surface area (Å²) in [5.74, 6) is 0.422. The zero-order valence-electron chi connectivity index (χ0n) is 11.2. The molecule has 2 N–H and O–H groups in total. The molecule has 3 nitrogen and oxygen atoms in total. The number of anilines is 1. The number of rotatable bonds is 3. The Labute approximate surface area is 119 Å². The smallest absolute Gasteiger partial charge is 0.340 e. The lowest BCUT2D eigenvalue weighted by molar-refractivity contribution is 0.0165. The average Bonchev–Trinajstić information content (AvgIpc) is 2.42. The summed E-state index contributed by atoms with van der Waals surface area (Å²) in [5, 5.41) is 0.496. The standard InChI is InChI=1S/C15H20ClNO2/c1-2-10-3-6-12(7-4-10)19-15(18)13-9-11(16)5-8-14(13)17/h5,8-10,12H,2-4,6-7,17H2,1H3. The van der Waals surface area contributed by atoms with E-state index in [0.29, 0.717) is 16.3 Å². The number of benzene rings is 1. The largest absolute Gasteiger partial charge is 0.459 e. The Hall–Kier alpha value is -1.22. The fraction of sp³-hybridized carbons (Fsp3) is 0.533. The van der Waals surface area contributed by atoms with Crippen LogP contribution in [0.4, 0.5) is 5.69 Å². The van der Waals surface area contributed by atoms with Crippen molar-refractivity contribution in [2.75, 3.05) is 5.73 Å². The van der Waals surface area contributed by atoms with Gasteiger partial charge in [-0.1, -0.05) is 24.9 Å². The third-order valence-electron chi connectivity index (χ3n) is 3.88. The van der Waals surface area contributed by atoms with Crippen LogP contribution in [0.15, 0.2) is 18.2 Å². The molecule has 2 rings (SSSR count). The Kier molecular flexibility index (Phi) is 4.70. The molecule has 0 bridgehead atoms. The van der Waals surface area contributed by atoms with Crippen molar-refractivity contribution in [3.63, 3.8) is 0 Å². The van der Waals surface area contributed by atoms with Crippen molar-refractivity contribution in [3.05, 3.63) is 28.8 Å². The molecule has 4 heteroatoms. The third kappa shape index (κ3) is 3.63. The maximum Gasteiger partial charge on any atom is 0.340 e. The maximum absolute atomic E-state index is 12.1. The Morgan fingerprint density at radius 1 is 1.37 bits per heavy atom. The van der Waals surface area contributed by atoms with E-state index >= 15 is 0 Å². The van der Waals surface area contributed by atoms with E-state index in [4.69, 9.17) is 22.1 Å². The average molecular weight is 282 g/mol. The van der Waals surface area contributed by atoms with Crippen molar-refractivity contribution < 1.29 is 9.53 Å². The number of hydrogen-bond donors (Lipinski definition) is 1. The van der Waals surface area contributed by atoms with E-state index in [0.717, 1.165) is 31.6 Å². The Bertz CT molecular complexity index is 453. The van der Waals surface area contributed by atoms with E-state index in [9.17, 15) is 4.79 Å². The van der Waals surface area contributed by atoms with Gasteiger partial charge in [0.05, 0.1) is 5.56 Å². The van der Waals surface area contributed by atoms with Gasteiger partial charge in [0.25, 0.3) is 0 Å². The molecule has 1 aromatic rings. The van der Waals surface area contributed by atoms with Gasteiger partial charge in [0.15, 0.2) is 0 Å². The molecule has 104 valence electrons. The summed E-state index contributed by atoms with van der Waals surface area (Å²) in [7, 11) is 0. The number of esters is 1. The number of carbonyl (C=O) groups excluding carboxylic acids is 1. The van der Waals surface area contributed by atoms with Crippen LogP contribution in [0.1, 0.15) is 49.4 Å². The van der Waals surface area contributed by atoms with E-state index in [2.05, 4.69) is 6.92 Å². The highest BCUT2D eigenvalue weighted by Gasteiger charge is 2.24. The summed E-state index contributed by atoms with van der Waals surface area (Å²) in [6.07, 6.45) is 5.41. The lowest BCUT2D eigenvalue weighted by Crippen LogP contribution is -2.24. The molecule has 0 spiro atoms. The predicted octanol–water partition coefficient (Wildman–Crippen LogP) is 4.05. The Balaban J connectivity index is 1.96. The second-order valence-electron chi connectivity index (χ2n) is 5.19. The summed E-state index contributed by atoms with van der Waals surface area (Å²) < 4.78 is 5.53. The molecule has 1 aliphatic rings. The molecule has 0 radical (unpaired) electrons. The normalized spacial score (nSPS) is 23.1. The van der Waals surface area contributed by atoms with E-state index < -0.39 is 0 Å². The minimum Gasteiger partial charge on any atom is -0.459 e. The van der Waals surface area contributed by atoms with Crippen LogP contribution in [-0.4, -0.2) is 12.1 Å². The molecule has 0 amide bonds. The molecule has 0 heterocycles. The molecule has 0 aromatic heterocycles. The monoisotopic (exact) mass is 281 g/mol. The van der Waals surface area contributed by atoms with Crippen LogP contribution in [0.25, 0.3) is 0 Å². The lowest BCUT2D eigenvalue weighted by Gasteiger charge is -2.27. The third-order valence-corrected chi connectivity index (χ3v) is 4.12. The molecule has 19 heavy (non-hydrogen) atoms. The minimum absolute atomic E-state index is 0.0219. The molecule has 1 saturated carbocycles. The zero-order chi connectivity index (χ0) is 13.8. The van der Waals surface area contributed by atoms with Gasteiger partial charge < -0.3 is 10.5 Å². The van der Waals surface area contributed by atoms with Gasteiger partial charge in [0, 0.05) is 10.7 Å². The molecule has 0 aliphatic heterocycles. The first-order valence-corrected chi connectivity index (χ1v) is 7.24. The first kappa shape index (κ1) is 14.2. The van der Waals surface area contributed by atoms with Gasteiger partial charge in [-0.25, -0.2) is 4.79 Å². The lowest BCUT2D eigenvalue weighted by atomic mass is 9.86. The van der Waals surface area contributed by atoms with Gasteiger partial charge >= 0.3 is 5.97 Å². The molecule has 1 aliphatic carbocycles. The van der Waals surface area contributed by atoms with Gasteiger partial charge in [-0.2, -0.15) is 0 Å². The van der Waals surface area contributed by atoms with Crippen LogP contribution in [0.2, 0.25) is 5.02 Å². The Morgan fingerprint density at radius 3 is 2.68 bits per heavy atom. The summed E-state index contributed by atoms with van der Waals surface area (Å²) in [6, 6.07) is 4.87. The van der Waals surface area contributed by atoms with Crippen molar-refractivity contribution in [2.45, 2.75) is 45.1 Å². The van der Waals surface area contributed by atoms with Gasteiger partial charge in [0.1, 0.15) is 6.10 Å². The highest BCUT2D eigenvalue weighted by atomic mass is 35.5. The first-order valence-electron chi connectivity index (χ1n) is 6.86. The van der Waals surface area contributed by atoms with E-state index in [-0.39, 0.29) is 12.1 Å². The van der Waals surface area contributed by atoms with Crippen molar-refractivity contribution in [2.24, 2.45) is 5.92 Å². The van der Waals surface area contributed by atoms with Gasteiger partial charge in [-0.3, -0.25) is 0 Å². The SMILES string of the molecule is CCC1CCC(OC(=O)c2cc(Cl)ccc2N)CC1. The minimum atomic E-state index is -0.361. The van der Waals surface area contributed by atoms with Crippen LogP contribution in [0.3, 0.4) is 0 Å². The molecule has 1 aromatic carbocycles. The molecular weight excluding hydrogens is 262 g/mol. The zero-order valence-corrected chi connectivity index (χ0v) is 12.0. The molecular formula is C15H20ClNO2. The second-order valence-corrected chi connectivity index (χ2v) is 5.62. The highest BCUT2D eigenvalue weighted by molar-refractivity contribution is 6.31. The first-order chi connectivity index (χ1) is 9.10. The quantitative estimate of drug-likeness (QED) is 0.672. The number of halogens is 1.